The van der Waals surface area contributed by atoms with Crippen molar-refractivity contribution in [1.82, 2.24) is 0 Å². The Bertz CT molecular complexity index is 148. The second-order valence-electron chi connectivity index (χ2n) is 2.11. The van der Waals surface area contributed by atoms with Crippen LogP contribution < -0.4 is 0 Å². The van der Waals surface area contributed by atoms with E-state index < -0.39 is 0 Å². The van der Waals surface area contributed by atoms with E-state index in [0.29, 0.717) is 6.42 Å². The molecule has 3 heteroatoms. The molecule has 0 saturated heterocycles. The molecule has 0 aliphatic heterocycles. The van der Waals surface area contributed by atoms with Crippen molar-refractivity contribution in [3.8, 4) is 0 Å². The van der Waals surface area contributed by atoms with Crippen molar-refractivity contribution in [3.63, 3.8) is 0 Å². The van der Waals surface area contributed by atoms with Crippen LogP contribution in [-0.2, 0) is 4.79 Å². The second-order valence-corrected chi connectivity index (χ2v) is 2.11. The summed E-state index contributed by atoms with van der Waals surface area (Å²) in [6.45, 7) is 2.09. The first kappa shape index (κ1) is 9.05. The Morgan fingerprint density at radius 1 is 1.60 bits per heavy atom. The van der Waals surface area contributed by atoms with Gasteiger partial charge in [0.2, 0.25) is 6.08 Å². The molecule has 0 saturated carbocycles. The smallest absolute Gasteiger partial charge is 0.241 e. The van der Waals surface area contributed by atoms with Gasteiger partial charge < -0.3 is 0 Å². The van der Waals surface area contributed by atoms with E-state index in [-0.39, 0.29) is 5.84 Å². The van der Waals surface area contributed by atoms with E-state index in [2.05, 4.69) is 11.9 Å². The summed E-state index contributed by atoms with van der Waals surface area (Å²) < 4.78 is 0. The number of nitrogens with one attached hydrogen (secondary N) is 1. The lowest BCUT2D eigenvalue weighted by Crippen LogP contribution is -1.89. The predicted molar refractivity (Wildman–Crippen MR) is 40.0 cm³/mol. The van der Waals surface area contributed by atoms with Gasteiger partial charge in [-0.15, -0.1) is 0 Å². The average Bonchev–Trinajstić information content (AvgIpc) is 1.89. The number of rotatable bonds is 4. The molecule has 0 aliphatic rings. The molecule has 56 valence electrons. The molecule has 3 nitrogen and oxygen atoms in total. The highest BCUT2D eigenvalue weighted by Crippen LogP contribution is 1.99. The van der Waals surface area contributed by atoms with Crippen molar-refractivity contribution in [3.05, 3.63) is 0 Å². The highest BCUT2D eigenvalue weighted by molar-refractivity contribution is 5.83. The van der Waals surface area contributed by atoms with Gasteiger partial charge in [0.1, 0.15) is 5.84 Å². The summed E-state index contributed by atoms with van der Waals surface area (Å²) >= 11 is 0. The average molecular weight is 140 g/mol. The van der Waals surface area contributed by atoms with Crippen LogP contribution in [0, 0.1) is 5.41 Å². The number of nitrogens with zero attached hydrogens (tertiary/aromatic N) is 1. The van der Waals surface area contributed by atoms with Gasteiger partial charge >= 0.3 is 0 Å². The molecule has 0 radical (unpaired) electrons. The Morgan fingerprint density at radius 2 is 2.30 bits per heavy atom. The van der Waals surface area contributed by atoms with E-state index in [1.165, 1.54) is 6.08 Å². The molecule has 0 spiro atoms. The molecule has 0 aromatic heterocycles. The third-order valence-corrected chi connectivity index (χ3v) is 1.20. The first-order valence-corrected chi connectivity index (χ1v) is 3.46. The van der Waals surface area contributed by atoms with Crippen LogP contribution in [-0.4, -0.2) is 11.9 Å². The van der Waals surface area contributed by atoms with Crippen LogP contribution in [0.3, 0.4) is 0 Å². The molecule has 0 unspecified atom stereocenters. The lowest BCUT2D eigenvalue weighted by atomic mass is 10.2. The Hall–Kier alpha value is -0.950. The van der Waals surface area contributed by atoms with E-state index in [4.69, 9.17) is 5.41 Å². The van der Waals surface area contributed by atoms with Crippen molar-refractivity contribution in [1.29, 1.82) is 5.41 Å². The fourth-order valence-electron chi connectivity index (χ4n) is 0.653. The van der Waals surface area contributed by atoms with E-state index in [1.54, 1.807) is 0 Å². The Morgan fingerprint density at radius 3 is 2.80 bits per heavy atom. The van der Waals surface area contributed by atoms with Crippen molar-refractivity contribution in [2.75, 3.05) is 0 Å². The molecule has 0 aromatic carbocycles. The molecule has 0 amide bonds. The summed E-state index contributed by atoms with van der Waals surface area (Å²) in [5, 5.41) is 7.04. The standard InChI is InChI=1S/C7H12N2O/c1-2-3-4-5-7(8)9-6-10/h8H,2-5H2,1H3. The molecule has 0 fully saturated rings. The molecule has 0 bridgehead atoms. The number of hydrogen-bond acceptors (Lipinski definition) is 2. The SMILES string of the molecule is CCCCCC(=N)N=C=O. The molecular formula is C7H12N2O. The summed E-state index contributed by atoms with van der Waals surface area (Å²) in [5.74, 6) is 0.142. The lowest BCUT2D eigenvalue weighted by molar-refractivity contribution is 0.565. The minimum Gasteiger partial charge on any atom is -0.286 e. The Kier molecular flexibility index (Phi) is 5.59. The number of aliphatic imine (C=N–C) groups is 1. The normalized spacial score (nSPS) is 8.50. The van der Waals surface area contributed by atoms with Crippen LogP contribution in [0.25, 0.3) is 0 Å². The van der Waals surface area contributed by atoms with Crippen molar-refractivity contribution in [2.45, 2.75) is 32.6 Å². The van der Waals surface area contributed by atoms with Crippen molar-refractivity contribution < 1.29 is 4.79 Å². The maximum Gasteiger partial charge on any atom is 0.241 e. The van der Waals surface area contributed by atoms with E-state index in [1.807, 2.05) is 0 Å². The maximum atomic E-state index is 9.62. The van der Waals surface area contributed by atoms with E-state index in [9.17, 15) is 4.79 Å². The van der Waals surface area contributed by atoms with Crippen LogP contribution in [0.2, 0.25) is 0 Å². The van der Waals surface area contributed by atoms with Crippen LogP contribution >= 0.6 is 0 Å². The van der Waals surface area contributed by atoms with Crippen LogP contribution in [0.15, 0.2) is 4.99 Å². The topological polar surface area (TPSA) is 53.3 Å². The molecule has 0 atom stereocenters. The lowest BCUT2D eigenvalue weighted by Gasteiger charge is -1.92. The quantitative estimate of drug-likeness (QED) is 0.275. The molecular weight excluding hydrogens is 128 g/mol. The predicted octanol–water partition coefficient (Wildman–Crippen LogP) is 1.88. The van der Waals surface area contributed by atoms with Gasteiger partial charge in [-0.2, -0.15) is 4.99 Å². The zero-order chi connectivity index (χ0) is 7.82. The number of isocyanates is 1. The van der Waals surface area contributed by atoms with Crippen LogP contribution in [0.5, 0.6) is 0 Å². The fourth-order valence-corrected chi connectivity index (χ4v) is 0.653. The summed E-state index contributed by atoms with van der Waals surface area (Å²) in [6, 6.07) is 0. The first-order valence-electron chi connectivity index (χ1n) is 3.46. The highest BCUT2D eigenvalue weighted by Gasteiger charge is 1.91. The minimum absolute atomic E-state index is 0.142. The summed E-state index contributed by atoms with van der Waals surface area (Å²) in [5.41, 5.74) is 0. The number of amidine groups is 1. The molecule has 0 rings (SSSR count). The highest BCUT2D eigenvalue weighted by atomic mass is 16.1. The first-order chi connectivity index (χ1) is 4.81. The van der Waals surface area contributed by atoms with Crippen LogP contribution in [0.1, 0.15) is 32.6 Å². The summed E-state index contributed by atoms with van der Waals surface area (Å²) in [6.07, 6.45) is 5.11. The fraction of sp³-hybridized carbons (Fsp3) is 0.714. The second kappa shape index (κ2) is 6.17. The van der Waals surface area contributed by atoms with Gasteiger partial charge in [0, 0.05) is 6.42 Å². The van der Waals surface area contributed by atoms with E-state index >= 15 is 0 Å². The molecule has 0 heterocycles. The number of hydrogen-bond donors (Lipinski definition) is 1. The maximum absolute atomic E-state index is 9.62. The molecule has 1 N–H and O–H groups in total. The van der Waals surface area contributed by atoms with Gasteiger partial charge in [0.25, 0.3) is 0 Å². The summed E-state index contributed by atoms with van der Waals surface area (Å²) in [4.78, 5) is 12.8. The van der Waals surface area contributed by atoms with Gasteiger partial charge in [-0.1, -0.05) is 19.8 Å². The zero-order valence-electron chi connectivity index (χ0n) is 6.18. The van der Waals surface area contributed by atoms with E-state index in [0.717, 1.165) is 19.3 Å². The Labute approximate surface area is 60.7 Å². The number of unbranched alkanes of at least 4 members (excludes halogenated alkanes) is 2. The zero-order valence-corrected chi connectivity index (χ0v) is 6.18. The third kappa shape index (κ3) is 5.19. The van der Waals surface area contributed by atoms with Gasteiger partial charge in [0.15, 0.2) is 0 Å². The molecule has 0 aromatic rings. The van der Waals surface area contributed by atoms with Crippen LogP contribution in [0.4, 0.5) is 0 Å². The van der Waals surface area contributed by atoms with Gasteiger partial charge in [0.05, 0.1) is 0 Å². The number of carbonyl (C=O) groups excluding carboxylic acids is 1. The Balaban J connectivity index is 3.31. The molecule has 10 heavy (non-hydrogen) atoms. The van der Waals surface area contributed by atoms with Gasteiger partial charge in [-0.05, 0) is 6.42 Å². The molecule has 0 aliphatic carbocycles. The van der Waals surface area contributed by atoms with Crippen molar-refractivity contribution in [2.24, 2.45) is 4.99 Å². The monoisotopic (exact) mass is 140 g/mol. The van der Waals surface area contributed by atoms with Crippen molar-refractivity contribution >= 4 is 11.9 Å². The largest absolute Gasteiger partial charge is 0.286 e. The summed E-state index contributed by atoms with van der Waals surface area (Å²) in [7, 11) is 0. The third-order valence-electron chi connectivity index (χ3n) is 1.20. The van der Waals surface area contributed by atoms with Gasteiger partial charge in [-0.25, -0.2) is 4.79 Å². The van der Waals surface area contributed by atoms with Gasteiger partial charge in [-0.3, -0.25) is 5.41 Å². The minimum atomic E-state index is 0.142.